The molecule has 4 heterocycles. The molecule has 0 saturated carbocycles. The molecule has 0 unspecified atom stereocenters. The van der Waals surface area contributed by atoms with Gasteiger partial charge in [0.25, 0.3) is 0 Å². The summed E-state index contributed by atoms with van der Waals surface area (Å²) in [7, 11) is 0. The van der Waals surface area contributed by atoms with Crippen molar-refractivity contribution in [2.75, 3.05) is 4.90 Å². The van der Waals surface area contributed by atoms with E-state index < -0.39 is 0 Å². The van der Waals surface area contributed by atoms with Crippen molar-refractivity contribution in [3.05, 3.63) is 163 Å². The number of para-hydroxylation sites is 3. The number of hydrogen-bond donors (Lipinski definition) is 0. The minimum atomic E-state index is -0.159. The van der Waals surface area contributed by atoms with Crippen LogP contribution in [0.25, 0.3) is 50.4 Å². The lowest BCUT2D eigenvalue weighted by Crippen LogP contribution is -2.30. The van der Waals surface area contributed by atoms with Crippen molar-refractivity contribution in [1.29, 1.82) is 0 Å². The first-order valence-corrected chi connectivity index (χ1v) is 16.0. The third-order valence-corrected chi connectivity index (χ3v) is 9.44. The molecule has 5 heteroatoms. The zero-order chi connectivity index (χ0) is 31.5. The van der Waals surface area contributed by atoms with Gasteiger partial charge in [0.05, 0.1) is 39.3 Å². The summed E-state index contributed by atoms with van der Waals surface area (Å²) < 4.78 is 2.28. The molecule has 9 rings (SSSR count). The monoisotopic (exact) mass is 605 g/mol. The summed E-state index contributed by atoms with van der Waals surface area (Å²) in [6, 6.07) is 50.9. The molecule has 5 aromatic carbocycles. The normalized spacial score (nSPS) is 13.4. The van der Waals surface area contributed by atoms with E-state index in [0.717, 1.165) is 50.3 Å². The van der Waals surface area contributed by atoms with Crippen molar-refractivity contribution in [2.24, 2.45) is 0 Å². The SMILES string of the molecule is CC1(C)c2ccccc2N(c2cccc3c4ncccc4n(-c4cc(-c5ccccc5)nc(-c5ccccc5)n4)c23)c2ccccc21. The predicted molar refractivity (Wildman–Crippen MR) is 192 cm³/mol. The van der Waals surface area contributed by atoms with Crippen molar-refractivity contribution < 1.29 is 0 Å². The summed E-state index contributed by atoms with van der Waals surface area (Å²) in [5.74, 6) is 1.46. The van der Waals surface area contributed by atoms with Gasteiger partial charge in [0.1, 0.15) is 5.82 Å². The van der Waals surface area contributed by atoms with E-state index in [4.69, 9.17) is 15.0 Å². The summed E-state index contributed by atoms with van der Waals surface area (Å²) in [6.45, 7) is 4.64. The number of aromatic nitrogens is 4. The summed E-state index contributed by atoms with van der Waals surface area (Å²) >= 11 is 0. The Kier molecular flexibility index (Phi) is 6.09. The van der Waals surface area contributed by atoms with Crippen molar-refractivity contribution in [3.63, 3.8) is 0 Å². The molecule has 0 spiro atoms. The predicted octanol–water partition coefficient (Wildman–Crippen LogP) is 10.4. The lowest BCUT2D eigenvalue weighted by Gasteiger charge is -2.42. The second-order valence-corrected chi connectivity index (χ2v) is 12.5. The quantitative estimate of drug-likeness (QED) is 0.200. The van der Waals surface area contributed by atoms with Gasteiger partial charge in [-0.25, -0.2) is 9.97 Å². The largest absolute Gasteiger partial charge is 0.308 e. The van der Waals surface area contributed by atoms with Crippen LogP contribution in [0.15, 0.2) is 152 Å². The van der Waals surface area contributed by atoms with Crippen LogP contribution in [0.5, 0.6) is 0 Å². The molecule has 1 aliphatic heterocycles. The van der Waals surface area contributed by atoms with Crippen LogP contribution in [0.2, 0.25) is 0 Å². The van der Waals surface area contributed by atoms with Gasteiger partial charge in [-0.05, 0) is 41.5 Å². The Bertz CT molecular complexity index is 2340. The first-order valence-electron chi connectivity index (χ1n) is 16.0. The van der Waals surface area contributed by atoms with Gasteiger partial charge in [0, 0.05) is 34.2 Å². The van der Waals surface area contributed by atoms with Gasteiger partial charge in [-0.3, -0.25) is 9.55 Å². The average Bonchev–Trinajstić information content (AvgIpc) is 3.48. The fraction of sp³-hybridized carbons (Fsp3) is 0.0714. The smallest absolute Gasteiger partial charge is 0.162 e. The molecule has 5 nitrogen and oxygen atoms in total. The molecule has 47 heavy (non-hydrogen) atoms. The van der Waals surface area contributed by atoms with E-state index in [1.807, 2.05) is 36.5 Å². The number of fused-ring (bicyclic) bond motifs is 5. The van der Waals surface area contributed by atoms with E-state index in [1.54, 1.807) is 0 Å². The zero-order valence-corrected chi connectivity index (χ0v) is 26.2. The van der Waals surface area contributed by atoms with Gasteiger partial charge in [-0.15, -0.1) is 0 Å². The molecule has 0 radical (unpaired) electrons. The molecule has 0 saturated heterocycles. The molecule has 0 fully saturated rings. The van der Waals surface area contributed by atoms with Crippen LogP contribution in [0.3, 0.4) is 0 Å². The molecule has 0 amide bonds. The standard InChI is InChI=1S/C42H31N5/c1-42(2)31-20-9-11-22-34(31)46(35-23-12-10-21-32(35)42)37-24-13-19-30-39-36(25-14-26-43-39)47(40(30)37)38-27-33(28-15-5-3-6-16-28)44-41(45-38)29-17-7-4-8-18-29/h3-27H,1-2H3. The van der Waals surface area contributed by atoms with E-state index >= 15 is 0 Å². The van der Waals surface area contributed by atoms with Crippen molar-refractivity contribution >= 4 is 39.0 Å². The summed E-state index contributed by atoms with van der Waals surface area (Å²) in [6.07, 6.45) is 1.87. The molecule has 0 aliphatic carbocycles. The van der Waals surface area contributed by atoms with E-state index in [9.17, 15) is 0 Å². The van der Waals surface area contributed by atoms with Crippen LogP contribution < -0.4 is 4.90 Å². The third kappa shape index (κ3) is 4.20. The highest BCUT2D eigenvalue weighted by Gasteiger charge is 2.37. The van der Waals surface area contributed by atoms with Crippen LogP contribution >= 0.6 is 0 Å². The molecule has 224 valence electrons. The summed E-state index contributed by atoms with van der Waals surface area (Å²) in [5.41, 5.74) is 11.7. The Balaban J connectivity index is 1.39. The molecule has 0 atom stereocenters. The molecule has 0 bridgehead atoms. The number of nitrogens with zero attached hydrogens (tertiary/aromatic N) is 5. The number of hydrogen-bond acceptors (Lipinski definition) is 4. The number of rotatable bonds is 4. The third-order valence-electron chi connectivity index (χ3n) is 9.44. The van der Waals surface area contributed by atoms with Gasteiger partial charge in [-0.1, -0.05) is 123 Å². The molecule has 8 aromatic rings. The maximum Gasteiger partial charge on any atom is 0.162 e. The van der Waals surface area contributed by atoms with Crippen molar-refractivity contribution in [1.82, 2.24) is 19.5 Å². The highest BCUT2D eigenvalue weighted by atomic mass is 15.2. The average molecular weight is 606 g/mol. The Hall–Kier alpha value is -6.07. The van der Waals surface area contributed by atoms with Gasteiger partial charge in [0.2, 0.25) is 0 Å². The van der Waals surface area contributed by atoms with Crippen LogP contribution in [0.4, 0.5) is 17.1 Å². The Morgan fingerprint density at radius 3 is 1.87 bits per heavy atom. The second-order valence-electron chi connectivity index (χ2n) is 12.5. The van der Waals surface area contributed by atoms with E-state index in [1.165, 1.54) is 22.5 Å². The highest BCUT2D eigenvalue weighted by molar-refractivity contribution is 6.13. The minimum absolute atomic E-state index is 0.159. The molecule has 0 N–H and O–H groups in total. The molecule has 3 aromatic heterocycles. The van der Waals surface area contributed by atoms with Gasteiger partial charge in [-0.2, -0.15) is 0 Å². The number of benzene rings is 5. The van der Waals surface area contributed by atoms with E-state index in [2.05, 4.69) is 139 Å². The molecular weight excluding hydrogens is 574 g/mol. The molecule has 1 aliphatic rings. The molecular formula is C42H31N5. The van der Waals surface area contributed by atoms with Crippen LogP contribution in [0.1, 0.15) is 25.0 Å². The Morgan fingerprint density at radius 1 is 0.553 bits per heavy atom. The summed E-state index contributed by atoms with van der Waals surface area (Å²) in [4.78, 5) is 17.7. The second kappa shape index (κ2) is 10.5. The fourth-order valence-corrected chi connectivity index (χ4v) is 7.23. The van der Waals surface area contributed by atoms with Crippen molar-refractivity contribution in [2.45, 2.75) is 19.3 Å². The van der Waals surface area contributed by atoms with Crippen LogP contribution in [0, 0.1) is 0 Å². The van der Waals surface area contributed by atoms with Gasteiger partial charge >= 0.3 is 0 Å². The maximum absolute atomic E-state index is 5.28. The topological polar surface area (TPSA) is 46.8 Å². The van der Waals surface area contributed by atoms with Crippen molar-refractivity contribution in [3.8, 4) is 28.5 Å². The first-order chi connectivity index (χ1) is 23.1. The number of anilines is 3. The maximum atomic E-state index is 5.28. The van der Waals surface area contributed by atoms with E-state index in [0.29, 0.717) is 5.82 Å². The highest BCUT2D eigenvalue weighted by Crippen LogP contribution is 2.53. The zero-order valence-electron chi connectivity index (χ0n) is 26.2. The van der Waals surface area contributed by atoms with E-state index in [-0.39, 0.29) is 5.41 Å². The Morgan fingerprint density at radius 2 is 1.17 bits per heavy atom. The Labute approximate surface area is 273 Å². The van der Waals surface area contributed by atoms with Gasteiger partial charge < -0.3 is 4.90 Å². The minimum Gasteiger partial charge on any atom is -0.308 e. The van der Waals surface area contributed by atoms with Crippen LogP contribution in [-0.4, -0.2) is 19.5 Å². The van der Waals surface area contributed by atoms with Gasteiger partial charge in [0.15, 0.2) is 5.82 Å². The lowest BCUT2D eigenvalue weighted by molar-refractivity contribution is 0.632. The van der Waals surface area contributed by atoms with Crippen LogP contribution in [-0.2, 0) is 5.41 Å². The first kappa shape index (κ1) is 27.3. The lowest BCUT2D eigenvalue weighted by atomic mass is 9.73. The fourth-order valence-electron chi connectivity index (χ4n) is 7.23. The number of pyridine rings is 1. The summed E-state index contributed by atoms with van der Waals surface area (Å²) in [5, 5.41) is 1.07.